The van der Waals surface area contributed by atoms with Crippen molar-refractivity contribution in [2.75, 3.05) is 36.0 Å². The molecule has 0 radical (unpaired) electrons. The molecule has 2 saturated heterocycles. The Hall–Kier alpha value is -4.77. The first-order valence-electron chi connectivity index (χ1n) is 17.9. The first-order valence-corrected chi connectivity index (χ1v) is 19.5. The zero-order chi connectivity index (χ0) is 37.6. The van der Waals surface area contributed by atoms with E-state index in [1.54, 1.807) is 18.3 Å². The molecule has 4 aromatic carbocycles. The molecular weight excluding hydrogens is 790 g/mol. The number of carbonyl (C=O) groups is 2. The Kier molecular flexibility index (Phi) is 11.9. The van der Waals surface area contributed by atoms with E-state index in [1.165, 1.54) is 17.8 Å². The van der Waals surface area contributed by atoms with Gasteiger partial charge in [-0.05, 0) is 114 Å². The van der Waals surface area contributed by atoms with Crippen LogP contribution >= 0.6 is 39.1 Å². The Labute approximate surface area is 331 Å². The highest BCUT2D eigenvalue weighted by atomic mass is 79.9. The van der Waals surface area contributed by atoms with Gasteiger partial charge in [-0.2, -0.15) is 0 Å². The van der Waals surface area contributed by atoms with Crippen LogP contribution in [-0.4, -0.2) is 60.0 Å². The quantitative estimate of drug-likeness (QED) is 0.174. The summed E-state index contributed by atoms with van der Waals surface area (Å²) in [7, 11) is 0. The minimum absolute atomic E-state index is 0.0232. The van der Waals surface area contributed by atoms with Crippen LogP contribution in [0, 0.1) is 5.82 Å². The van der Waals surface area contributed by atoms with Gasteiger partial charge in [0.1, 0.15) is 5.82 Å². The number of anilines is 2. The molecule has 6 aromatic rings. The molecule has 0 atom stereocenters. The fourth-order valence-electron chi connectivity index (χ4n) is 7.11. The van der Waals surface area contributed by atoms with E-state index in [0.29, 0.717) is 15.6 Å². The predicted octanol–water partition coefficient (Wildman–Crippen LogP) is 9.48. The van der Waals surface area contributed by atoms with Crippen LogP contribution in [0.15, 0.2) is 114 Å². The van der Waals surface area contributed by atoms with Gasteiger partial charge in [-0.25, -0.2) is 4.39 Å². The molecule has 2 N–H and O–H groups in total. The van der Waals surface area contributed by atoms with E-state index < -0.39 is 5.82 Å². The van der Waals surface area contributed by atoms with E-state index in [2.05, 4.69) is 52.4 Å². The number of nitrogens with one attached hydrogen (secondary N) is 2. The maximum Gasteiger partial charge on any atom is 0.254 e. The van der Waals surface area contributed by atoms with Gasteiger partial charge in [0.2, 0.25) is 0 Å². The Morgan fingerprint density at radius 3 is 1.56 bits per heavy atom. The molecule has 2 aliphatic heterocycles. The summed E-state index contributed by atoms with van der Waals surface area (Å²) in [5.41, 5.74) is 4.84. The molecule has 8 rings (SSSR count). The lowest BCUT2D eigenvalue weighted by Crippen LogP contribution is -2.45. The maximum absolute atomic E-state index is 13.8. The van der Waals surface area contributed by atoms with Crippen molar-refractivity contribution in [3.05, 3.63) is 141 Å². The van der Waals surface area contributed by atoms with Gasteiger partial charge in [0.15, 0.2) is 0 Å². The molecule has 0 unspecified atom stereocenters. The average Bonchev–Trinajstić information content (AvgIpc) is 3.18. The van der Waals surface area contributed by atoms with Crippen molar-refractivity contribution in [3.63, 3.8) is 0 Å². The number of carbonyl (C=O) groups excluding carboxylic acids is 2. The van der Waals surface area contributed by atoms with Crippen molar-refractivity contribution < 1.29 is 14.0 Å². The fraction of sp³-hybridized carbons (Fsp3) is 0.238. The zero-order valence-electron chi connectivity index (χ0n) is 29.3. The largest absolute Gasteiger partial charge is 0.371 e. The van der Waals surface area contributed by atoms with E-state index in [1.807, 2.05) is 72.9 Å². The predicted molar refractivity (Wildman–Crippen MR) is 219 cm³/mol. The summed E-state index contributed by atoms with van der Waals surface area (Å²) < 4.78 is 14.6. The molecule has 54 heavy (non-hydrogen) atoms. The van der Waals surface area contributed by atoms with Crippen LogP contribution in [0.1, 0.15) is 46.4 Å². The van der Waals surface area contributed by atoms with Gasteiger partial charge < -0.3 is 20.4 Å². The molecule has 0 spiro atoms. The molecule has 2 fully saturated rings. The lowest BCUT2D eigenvalue weighted by molar-refractivity contribution is 0.0920. The van der Waals surface area contributed by atoms with E-state index >= 15 is 0 Å². The highest BCUT2D eigenvalue weighted by molar-refractivity contribution is 9.10. The van der Waals surface area contributed by atoms with Gasteiger partial charge in [-0.15, -0.1) is 0 Å². The summed E-state index contributed by atoms with van der Waals surface area (Å²) in [5.74, 6) is -0.866. The van der Waals surface area contributed by atoms with Gasteiger partial charge in [0.05, 0.1) is 22.2 Å². The lowest BCUT2D eigenvalue weighted by atomic mass is 10.0. The molecule has 0 saturated carbocycles. The SMILES string of the molecule is O=C(NC1CCN(c2ccnc3cc(Cl)ccc23)CC1)c1ccccc1Br.O=C(NC1CCN(c2ccnc3cc(Cl)ccc23)CC1)c1ccccc1F. The third kappa shape index (κ3) is 8.78. The second-order valence-corrected chi connectivity index (χ2v) is 15.1. The van der Waals surface area contributed by atoms with Crippen LogP contribution in [0.5, 0.6) is 0 Å². The first-order chi connectivity index (χ1) is 26.2. The molecule has 2 aliphatic rings. The second-order valence-electron chi connectivity index (χ2n) is 13.4. The minimum Gasteiger partial charge on any atom is -0.371 e. The van der Waals surface area contributed by atoms with Crippen LogP contribution in [0.25, 0.3) is 21.8 Å². The number of amides is 2. The van der Waals surface area contributed by atoms with Gasteiger partial charge in [-0.1, -0.05) is 47.5 Å². The molecule has 0 bridgehead atoms. The molecule has 4 heterocycles. The Morgan fingerprint density at radius 2 is 1.07 bits per heavy atom. The highest BCUT2D eigenvalue weighted by Gasteiger charge is 2.25. The number of aromatic nitrogens is 2. The van der Waals surface area contributed by atoms with Gasteiger partial charge in [-0.3, -0.25) is 19.6 Å². The monoisotopic (exact) mass is 826 g/mol. The third-order valence-corrected chi connectivity index (χ3v) is 11.1. The van der Waals surface area contributed by atoms with E-state index in [4.69, 9.17) is 23.2 Å². The normalized spacial score (nSPS) is 15.1. The van der Waals surface area contributed by atoms with Crippen molar-refractivity contribution in [2.45, 2.75) is 37.8 Å². The Morgan fingerprint density at radius 1 is 0.630 bits per heavy atom. The highest BCUT2D eigenvalue weighted by Crippen LogP contribution is 2.31. The third-order valence-electron chi connectivity index (χ3n) is 9.94. The van der Waals surface area contributed by atoms with Gasteiger partial charge in [0.25, 0.3) is 11.8 Å². The number of pyridine rings is 2. The molecule has 276 valence electrons. The number of halogens is 4. The number of nitrogens with zero attached hydrogens (tertiary/aromatic N) is 4. The number of hydrogen-bond donors (Lipinski definition) is 2. The number of piperidine rings is 2. The summed E-state index contributed by atoms with van der Waals surface area (Å²) in [5, 5.41) is 9.66. The summed E-state index contributed by atoms with van der Waals surface area (Å²) in [6, 6.07) is 29.4. The topological polar surface area (TPSA) is 90.5 Å². The van der Waals surface area contributed by atoms with Crippen molar-refractivity contribution in [1.82, 2.24) is 20.6 Å². The number of fused-ring (bicyclic) bond motifs is 2. The number of benzene rings is 4. The summed E-state index contributed by atoms with van der Waals surface area (Å²) in [6.07, 6.45) is 7.05. The van der Waals surface area contributed by atoms with E-state index in [0.717, 1.165) is 83.8 Å². The van der Waals surface area contributed by atoms with Crippen LogP contribution in [0.2, 0.25) is 10.0 Å². The fourth-order valence-corrected chi connectivity index (χ4v) is 7.91. The molecular formula is C42H38BrCl2FN6O2. The van der Waals surface area contributed by atoms with E-state index in [-0.39, 0.29) is 29.5 Å². The average molecular weight is 829 g/mol. The zero-order valence-corrected chi connectivity index (χ0v) is 32.4. The second kappa shape index (κ2) is 17.1. The molecule has 12 heteroatoms. The van der Waals surface area contributed by atoms with Crippen molar-refractivity contribution >= 4 is 84.1 Å². The minimum atomic E-state index is -0.491. The standard InChI is InChI=1S/C21H19BrClN3O.C21H19ClFN3O/c22-18-4-2-1-3-16(18)21(27)25-15-8-11-26(12-9-15)20-7-10-24-19-13-14(23)5-6-17(19)20;22-14-5-6-17-19(13-14)24-10-7-20(17)26-11-8-15(9-12-26)25-21(27)16-3-1-2-4-18(16)23/h2*1-7,10,13,15H,8-9,11-12H2,(H,25,27). The summed E-state index contributed by atoms with van der Waals surface area (Å²) in [4.78, 5) is 38.3. The Balaban J connectivity index is 0.000000167. The smallest absolute Gasteiger partial charge is 0.254 e. The maximum atomic E-state index is 13.8. The van der Waals surface area contributed by atoms with Crippen LogP contribution in [0.4, 0.5) is 15.8 Å². The Bertz CT molecular complexity index is 2130. The van der Waals surface area contributed by atoms with Gasteiger partial charge >= 0.3 is 0 Å². The van der Waals surface area contributed by atoms with Crippen LogP contribution in [0.3, 0.4) is 0 Å². The summed E-state index contributed by atoms with van der Waals surface area (Å²) >= 11 is 15.6. The van der Waals surface area contributed by atoms with Crippen LogP contribution in [-0.2, 0) is 0 Å². The lowest BCUT2D eigenvalue weighted by Gasteiger charge is -2.34. The molecule has 8 nitrogen and oxygen atoms in total. The molecule has 0 aliphatic carbocycles. The number of hydrogen-bond acceptors (Lipinski definition) is 6. The van der Waals surface area contributed by atoms with Crippen molar-refractivity contribution in [2.24, 2.45) is 0 Å². The molecule has 2 amide bonds. The van der Waals surface area contributed by atoms with Crippen molar-refractivity contribution in [1.29, 1.82) is 0 Å². The van der Waals surface area contributed by atoms with E-state index in [9.17, 15) is 14.0 Å². The number of rotatable bonds is 6. The van der Waals surface area contributed by atoms with Crippen LogP contribution < -0.4 is 20.4 Å². The van der Waals surface area contributed by atoms with Crippen molar-refractivity contribution in [3.8, 4) is 0 Å². The first kappa shape index (κ1) is 37.5. The molecule has 2 aromatic heterocycles. The van der Waals surface area contributed by atoms with Gasteiger partial charge in [0, 0.05) is 87.3 Å². The summed E-state index contributed by atoms with van der Waals surface area (Å²) in [6.45, 7) is 3.40.